The molecule has 0 aliphatic carbocycles. The second kappa shape index (κ2) is 8.05. The fraction of sp³-hybridized carbons (Fsp3) is 0.391. The highest BCUT2D eigenvalue weighted by molar-refractivity contribution is 6.04. The summed E-state index contributed by atoms with van der Waals surface area (Å²) in [5, 5.41) is 3.03. The van der Waals surface area contributed by atoms with Crippen LogP contribution < -0.4 is 15.0 Å². The molecule has 0 unspecified atom stereocenters. The van der Waals surface area contributed by atoms with Crippen molar-refractivity contribution in [3.63, 3.8) is 0 Å². The van der Waals surface area contributed by atoms with E-state index in [4.69, 9.17) is 4.74 Å². The van der Waals surface area contributed by atoms with Crippen molar-refractivity contribution in [1.29, 1.82) is 0 Å². The van der Waals surface area contributed by atoms with E-state index in [-0.39, 0.29) is 30.3 Å². The van der Waals surface area contributed by atoms with Gasteiger partial charge in [0.25, 0.3) is 0 Å². The molecule has 2 aromatic rings. The van der Waals surface area contributed by atoms with Crippen molar-refractivity contribution in [2.75, 3.05) is 16.8 Å². The van der Waals surface area contributed by atoms with E-state index in [1.807, 2.05) is 58.9 Å². The summed E-state index contributed by atoms with van der Waals surface area (Å²) in [7, 11) is 0. The lowest BCUT2D eigenvalue weighted by molar-refractivity contribution is -0.122. The highest BCUT2D eigenvalue weighted by Crippen LogP contribution is 2.29. The summed E-state index contributed by atoms with van der Waals surface area (Å²) in [4.78, 5) is 27.0. The van der Waals surface area contributed by atoms with Gasteiger partial charge in [-0.1, -0.05) is 17.7 Å². The van der Waals surface area contributed by atoms with E-state index >= 15 is 0 Å². The minimum atomic E-state index is -0.362. The Labute approximate surface area is 166 Å². The highest BCUT2D eigenvalue weighted by atomic mass is 16.5. The molecule has 0 spiro atoms. The summed E-state index contributed by atoms with van der Waals surface area (Å²) in [6.45, 7) is 10.3. The van der Waals surface area contributed by atoms with E-state index in [1.54, 1.807) is 4.90 Å². The fourth-order valence-corrected chi connectivity index (χ4v) is 3.71. The van der Waals surface area contributed by atoms with E-state index in [9.17, 15) is 9.59 Å². The average Bonchev–Trinajstić information content (AvgIpc) is 3.00. The summed E-state index contributed by atoms with van der Waals surface area (Å²) in [6.07, 6.45) is 0.320. The number of ether oxygens (including phenoxy) is 1. The molecule has 0 aromatic heterocycles. The Balaban J connectivity index is 1.69. The van der Waals surface area contributed by atoms with Crippen LogP contribution in [-0.4, -0.2) is 24.5 Å². The van der Waals surface area contributed by atoms with E-state index in [1.165, 1.54) is 5.56 Å². The summed E-state index contributed by atoms with van der Waals surface area (Å²) < 4.78 is 5.65. The van der Waals surface area contributed by atoms with Crippen LogP contribution >= 0.6 is 0 Å². The van der Waals surface area contributed by atoms with Gasteiger partial charge in [-0.25, -0.2) is 0 Å². The van der Waals surface area contributed by atoms with Crippen molar-refractivity contribution in [2.24, 2.45) is 5.92 Å². The Hall–Kier alpha value is -2.82. The molecule has 0 saturated carbocycles. The Morgan fingerprint density at radius 2 is 1.71 bits per heavy atom. The molecule has 0 bridgehead atoms. The number of rotatable bonds is 5. The predicted molar refractivity (Wildman–Crippen MR) is 112 cm³/mol. The second-order valence-electron chi connectivity index (χ2n) is 7.83. The van der Waals surface area contributed by atoms with Crippen LogP contribution in [0.3, 0.4) is 0 Å². The zero-order chi connectivity index (χ0) is 20.4. The van der Waals surface area contributed by atoms with Gasteiger partial charge >= 0.3 is 0 Å². The van der Waals surface area contributed by atoms with Gasteiger partial charge in [-0.2, -0.15) is 0 Å². The number of carbonyl (C=O) groups excluding carboxylic acids is 2. The first-order valence-corrected chi connectivity index (χ1v) is 9.70. The van der Waals surface area contributed by atoms with E-state index < -0.39 is 0 Å². The lowest BCUT2D eigenvalue weighted by Gasteiger charge is -2.18. The summed E-state index contributed by atoms with van der Waals surface area (Å²) >= 11 is 0. The summed E-state index contributed by atoms with van der Waals surface area (Å²) in [5.74, 6) is 0.268. The van der Waals surface area contributed by atoms with Crippen LogP contribution in [0.4, 0.5) is 11.4 Å². The SMILES string of the molecule is Cc1cc(C)c(NC(=O)[C@H]2CC(=O)N(c3ccc(OC(C)C)cc3)C2)c(C)c1. The number of amides is 2. The van der Waals surface area contributed by atoms with Crippen molar-refractivity contribution >= 4 is 23.2 Å². The molecule has 1 heterocycles. The lowest BCUT2D eigenvalue weighted by Crippen LogP contribution is -2.28. The molecule has 28 heavy (non-hydrogen) atoms. The normalized spacial score (nSPS) is 16.6. The number of nitrogens with one attached hydrogen (secondary N) is 1. The predicted octanol–water partition coefficient (Wildman–Crippen LogP) is 4.39. The van der Waals surface area contributed by atoms with Gasteiger partial charge in [0.15, 0.2) is 0 Å². The Morgan fingerprint density at radius 3 is 2.29 bits per heavy atom. The molecule has 0 radical (unpaired) electrons. The largest absolute Gasteiger partial charge is 0.491 e. The third-order valence-electron chi connectivity index (χ3n) is 4.94. The average molecular weight is 380 g/mol. The molecule has 1 saturated heterocycles. The number of hydrogen-bond donors (Lipinski definition) is 1. The van der Waals surface area contributed by atoms with E-state index in [0.29, 0.717) is 6.54 Å². The van der Waals surface area contributed by atoms with Gasteiger partial charge in [-0.3, -0.25) is 9.59 Å². The maximum atomic E-state index is 12.8. The first kappa shape index (κ1) is 19.9. The maximum absolute atomic E-state index is 12.8. The summed E-state index contributed by atoms with van der Waals surface area (Å²) in [5.41, 5.74) is 4.87. The van der Waals surface area contributed by atoms with Gasteiger partial charge < -0.3 is 15.0 Å². The van der Waals surface area contributed by atoms with Crippen molar-refractivity contribution in [1.82, 2.24) is 0 Å². The molecular formula is C23H28N2O3. The van der Waals surface area contributed by atoms with Crippen molar-refractivity contribution in [3.8, 4) is 5.75 Å². The van der Waals surface area contributed by atoms with Crippen molar-refractivity contribution in [2.45, 2.75) is 47.1 Å². The molecule has 5 nitrogen and oxygen atoms in total. The standard InChI is InChI=1S/C23H28N2O3/c1-14(2)28-20-8-6-19(7-9-20)25-13-18(12-21(25)26)23(27)24-22-16(4)10-15(3)11-17(22)5/h6-11,14,18H,12-13H2,1-5H3,(H,24,27)/t18-/m0/s1. The third kappa shape index (κ3) is 4.35. The molecule has 1 fully saturated rings. The smallest absolute Gasteiger partial charge is 0.229 e. The molecule has 5 heteroatoms. The number of carbonyl (C=O) groups is 2. The van der Waals surface area contributed by atoms with Crippen molar-refractivity contribution < 1.29 is 14.3 Å². The molecule has 1 aliphatic rings. The lowest BCUT2D eigenvalue weighted by atomic mass is 10.0. The van der Waals surface area contributed by atoms with Gasteiger partial charge in [0, 0.05) is 24.3 Å². The molecule has 1 aliphatic heterocycles. The van der Waals surface area contributed by atoms with E-state index in [2.05, 4.69) is 17.4 Å². The van der Waals surface area contributed by atoms with Crippen molar-refractivity contribution in [3.05, 3.63) is 53.1 Å². The number of anilines is 2. The van der Waals surface area contributed by atoms with Crippen LogP contribution in [-0.2, 0) is 9.59 Å². The zero-order valence-corrected chi connectivity index (χ0v) is 17.2. The Bertz CT molecular complexity index is 864. The van der Waals surface area contributed by atoms with Crippen LogP contribution in [0.5, 0.6) is 5.75 Å². The minimum Gasteiger partial charge on any atom is -0.491 e. The number of nitrogens with zero attached hydrogens (tertiary/aromatic N) is 1. The van der Waals surface area contributed by atoms with Gasteiger partial charge in [0.2, 0.25) is 11.8 Å². The number of benzene rings is 2. The first-order valence-electron chi connectivity index (χ1n) is 9.70. The van der Waals surface area contributed by atoms with Crippen LogP contribution in [0.15, 0.2) is 36.4 Å². The first-order chi connectivity index (χ1) is 13.2. The molecule has 1 N–H and O–H groups in total. The zero-order valence-electron chi connectivity index (χ0n) is 17.2. The molecule has 2 aromatic carbocycles. The van der Waals surface area contributed by atoms with Crippen LogP contribution in [0, 0.1) is 26.7 Å². The quantitative estimate of drug-likeness (QED) is 0.837. The van der Waals surface area contributed by atoms with Gasteiger partial charge in [-0.05, 0) is 70.0 Å². The Kier molecular flexibility index (Phi) is 5.73. The number of hydrogen-bond acceptors (Lipinski definition) is 3. The minimum absolute atomic E-state index is 0.0324. The molecule has 148 valence electrons. The fourth-order valence-electron chi connectivity index (χ4n) is 3.71. The van der Waals surface area contributed by atoms with Crippen LogP contribution in [0.25, 0.3) is 0 Å². The molecule has 3 rings (SSSR count). The maximum Gasteiger partial charge on any atom is 0.229 e. The van der Waals surface area contributed by atoms with E-state index in [0.717, 1.165) is 28.3 Å². The third-order valence-corrected chi connectivity index (χ3v) is 4.94. The van der Waals surface area contributed by atoms with Gasteiger partial charge in [0.1, 0.15) is 5.75 Å². The van der Waals surface area contributed by atoms with Crippen LogP contribution in [0.2, 0.25) is 0 Å². The summed E-state index contributed by atoms with van der Waals surface area (Å²) in [6, 6.07) is 11.5. The number of aryl methyl sites for hydroxylation is 3. The molecular weight excluding hydrogens is 352 g/mol. The second-order valence-corrected chi connectivity index (χ2v) is 7.83. The Morgan fingerprint density at radius 1 is 1.11 bits per heavy atom. The van der Waals surface area contributed by atoms with Gasteiger partial charge in [0.05, 0.1) is 12.0 Å². The molecule has 2 amide bonds. The van der Waals surface area contributed by atoms with Crippen LogP contribution in [0.1, 0.15) is 37.0 Å². The monoisotopic (exact) mass is 380 g/mol. The molecule has 1 atom stereocenters. The topological polar surface area (TPSA) is 58.6 Å². The van der Waals surface area contributed by atoms with Gasteiger partial charge in [-0.15, -0.1) is 0 Å². The highest BCUT2D eigenvalue weighted by Gasteiger charge is 2.35.